The van der Waals surface area contributed by atoms with Gasteiger partial charge in [-0.3, -0.25) is 4.79 Å². The molecular weight excluding hydrogens is 303 g/mol. The van der Waals surface area contributed by atoms with Gasteiger partial charge in [0.1, 0.15) is 0 Å². The van der Waals surface area contributed by atoms with Crippen molar-refractivity contribution in [2.75, 3.05) is 5.32 Å². The van der Waals surface area contributed by atoms with Crippen molar-refractivity contribution in [1.29, 1.82) is 0 Å². The summed E-state index contributed by atoms with van der Waals surface area (Å²) in [5.74, 6) is -0.743. The largest absolute Gasteiger partial charge is 0.393 e. The van der Waals surface area contributed by atoms with E-state index in [1.165, 1.54) is 0 Å². The maximum Gasteiger partial charge on any atom is 0.234 e. The van der Waals surface area contributed by atoms with Gasteiger partial charge in [0.05, 0.1) is 21.6 Å². The van der Waals surface area contributed by atoms with Gasteiger partial charge in [0, 0.05) is 5.02 Å². The van der Waals surface area contributed by atoms with Crippen molar-refractivity contribution >= 4 is 52.0 Å². The number of halogens is 2. The molecule has 0 spiro atoms. The average molecular weight is 319 g/mol. The van der Waals surface area contributed by atoms with Crippen LogP contribution in [0.25, 0.3) is 0 Å². The van der Waals surface area contributed by atoms with Gasteiger partial charge in [0.15, 0.2) is 0 Å². The van der Waals surface area contributed by atoms with Crippen molar-refractivity contribution in [1.82, 2.24) is 0 Å². The van der Waals surface area contributed by atoms with Crippen LogP contribution in [0.15, 0.2) is 12.1 Å². The molecule has 104 valence electrons. The summed E-state index contributed by atoms with van der Waals surface area (Å²) in [6.07, 6.45) is 1.43. The smallest absolute Gasteiger partial charge is 0.234 e. The molecule has 3 N–H and O–H groups in total. The highest BCUT2D eigenvalue weighted by Crippen LogP contribution is 2.29. The van der Waals surface area contributed by atoms with Crippen molar-refractivity contribution in [2.24, 2.45) is 11.7 Å². The van der Waals surface area contributed by atoms with Gasteiger partial charge < -0.3 is 11.1 Å². The van der Waals surface area contributed by atoms with Crippen LogP contribution in [0, 0.1) is 12.8 Å². The van der Waals surface area contributed by atoms with E-state index in [0.29, 0.717) is 22.2 Å². The first-order chi connectivity index (χ1) is 8.86. The molecule has 1 atom stereocenters. The Morgan fingerprint density at radius 3 is 2.58 bits per heavy atom. The Balaban J connectivity index is 2.92. The first-order valence-electron chi connectivity index (χ1n) is 5.92. The fourth-order valence-corrected chi connectivity index (χ4v) is 2.31. The second kappa shape index (κ2) is 7.08. The number of rotatable bonds is 5. The summed E-state index contributed by atoms with van der Waals surface area (Å²) in [5, 5.41) is 3.70. The summed E-state index contributed by atoms with van der Waals surface area (Å²) < 4.78 is 0. The Labute approximate surface area is 128 Å². The Hall–Kier alpha value is -0.840. The molecule has 0 saturated carbocycles. The lowest BCUT2D eigenvalue weighted by Crippen LogP contribution is -2.33. The molecule has 1 rings (SSSR count). The van der Waals surface area contributed by atoms with Crippen LogP contribution in [0.5, 0.6) is 0 Å². The van der Waals surface area contributed by atoms with Crippen molar-refractivity contribution in [3.8, 4) is 0 Å². The zero-order chi connectivity index (χ0) is 14.6. The normalized spacial score (nSPS) is 12.0. The Bertz CT molecular complexity index is 506. The fraction of sp³-hybridized carbons (Fsp3) is 0.385. The van der Waals surface area contributed by atoms with Gasteiger partial charge in [-0.25, -0.2) is 0 Å². The number of hydrogen-bond acceptors (Lipinski definition) is 2. The van der Waals surface area contributed by atoms with E-state index in [1.807, 2.05) is 13.8 Å². The molecule has 1 aromatic carbocycles. The monoisotopic (exact) mass is 318 g/mol. The van der Waals surface area contributed by atoms with Crippen molar-refractivity contribution in [2.45, 2.75) is 26.7 Å². The third kappa shape index (κ3) is 4.34. The molecule has 0 fully saturated rings. The Morgan fingerprint density at radius 2 is 2.05 bits per heavy atom. The number of amides is 1. The van der Waals surface area contributed by atoms with Crippen molar-refractivity contribution in [3.63, 3.8) is 0 Å². The SMILES string of the molecule is CCCC(C(=O)Nc1cc(Cl)c(C)cc1Cl)C(N)=S. The maximum atomic E-state index is 12.1. The molecule has 0 aliphatic heterocycles. The quantitative estimate of drug-likeness (QED) is 0.808. The molecule has 0 radical (unpaired) electrons. The second-order valence-electron chi connectivity index (χ2n) is 4.31. The van der Waals surface area contributed by atoms with Crippen LogP contribution in [0.1, 0.15) is 25.3 Å². The first-order valence-corrected chi connectivity index (χ1v) is 7.09. The fourth-order valence-electron chi connectivity index (χ4n) is 1.65. The molecule has 0 aromatic heterocycles. The molecule has 0 heterocycles. The van der Waals surface area contributed by atoms with Gasteiger partial charge in [-0.05, 0) is 31.0 Å². The van der Waals surface area contributed by atoms with Crippen LogP contribution in [-0.2, 0) is 4.79 Å². The highest BCUT2D eigenvalue weighted by atomic mass is 35.5. The van der Waals surface area contributed by atoms with E-state index < -0.39 is 5.92 Å². The summed E-state index contributed by atoms with van der Waals surface area (Å²) in [7, 11) is 0. The molecule has 0 bridgehead atoms. The highest BCUT2D eigenvalue weighted by Gasteiger charge is 2.21. The third-order valence-electron chi connectivity index (χ3n) is 2.74. The van der Waals surface area contributed by atoms with E-state index in [0.717, 1.165) is 12.0 Å². The van der Waals surface area contributed by atoms with Crippen LogP contribution in [0.2, 0.25) is 10.0 Å². The molecule has 1 aromatic rings. The Kier molecular flexibility index (Phi) is 6.04. The number of anilines is 1. The minimum absolute atomic E-state index is 0.189. The molecule has 1 unspecified atom stereocenters. The van der Waals surface area contributed by atoms with Crippen LogP contribution >= 0.6 is 35.4 Å². The number of benzene rings is 1. The lowest BCUT2D eigenvalue weighted by molar-refractivity contribution is -0.118. The molecule has 1 amide bonds. The zero-order valence-corrected chi connectivity index (χ0v) is 13.1. The molecule has 3 nitrogen and oxygen atoms in total. The van der Waals surface area contributed by atoms with Gasteiger partial charge in [0.25, 0.3) is 0 Å². The average Bonchev–Trinajstić information content (AvgIpc) is 2.32. The molecule has 19 heavy (non-hydrogen) atoms. The first kappa shape index (κ1) is 16.2. The van der Waals surface area contributed by atoms with Gasteiger partial charge in [0.2, 0.25) is 5.91 Å². The number of nitrogens with two attached hydrogens (primary N) is 1. The van der Waals surface area contributed by atoms with Gasteiger partial charge in [-0.15, -0.1) is 0 Å². The van der Waals surface area contributed by atoms with E-state index in [9.17, 15) is 4.79 Å². The van der Waals surface area contributed by atoms with E-state index in [-0.39, 0.29) is 10.9 Å². The predicted octanol–water partition coefficient (Wildman–Crippen LogP) is 3.94. The summed E-state index contributed by atoms with van der Waals surface area (Å²) in [6.45, 7) is 3.81. The minimum Gasteiger partial charge on any atom is -0.393 e. The van der Waals surface area contributed by atoms with E-state index in [2.05, 4.69) is 5.32 Å². The van der Waals surface area contributed by atoms with Gasteiger partial charge in [-0.2, -0.15) is 0 Å². The van der Waals surface area contributed by atoms with Crippen LogP contribution in [-0.4, -0.2) is 10.9 Å². The number of carbonyl (C=O) groups is 1. The van der Waals surface area contributed by atoms with Crippen LogP contribution < -0.4 is 11.1 Å². The minimum atomic E-state index is -0.490. The number of carbonyl (C=O) groups excluding carboxylic acids is 1. The van der Waals surface area contributed by atoms with Crippen LogP contribution in [0.3, 0.4) is 0 Å². The van der Waals surface area contributed by atoms with Crippen molar-refractivity contribution in [3.05, 3.63) is 27.7 Å². The summed E-state index contributed by atoms with van der Waals surface area (Å²) >= 11 is 17.0. The summed E-state index contributed by atoms with van der Waals surface area (Å²) in [4.78, 5) is 12.3. The van der Waals surface area contributed by atoms with E-state index >= 15 is 0 Å². The lowest BCUT2D eigenvalue weighted by atomic mass is 10.0. The van der Waals surface area contributed by atoms with Gasteiger partial charge >= 0.3 is 0 Å². The number of nitrogens with one attached hydrogen (secondary N) is 1. The topological polar surface area (TPSA) is 55.1 Å². The molecule has 0 aliphatic carbocycles. The van der Waals surface area contributed by atoms with E-state index in [1.54, 1.807) is 12.1 Å². The van der Waals surface area contributed by atoms with E-state index in [4.69, 9.17) is 41.2 Å². The number of hydrogen-bond donors (Lipinski definition) is 2. The summed E-state index contributed by atoms with van der Waals surface area (Å²) in [6, 6.07) is 3.33. The standard InChI is InChI=1S/C13H16Cl2N2OS/c1-3-4-8(12(16)19)13(18)17-11-6-9(14)7(2)5-10(11)15/h5-6,8H,3-4H2,1-2H3,(H2,16,19)(H,17,18). The molecule has 6 heteroatoms. The number of aryl methyl sites for hydroxylation is 1. The van der Waals surface area contributed by atoms with Crippen molar-refractivity contribution < 1.29 is 4.79 Å². The molecule has 0 saturated heterocycles. The molecular formula is C13H16Cl2N2OS. The summed E-state index contributed by atoms with van der Waals surface area (Å²) in [5.41, 5.74) is 6.90. The highest BCUT2D eigenvalue weighted by molar-refractivity contribution is 7.80. The second-order valence-corrected chi connectivity index (χ2v) is 5.60. The maximum absolute atomic E-state index is 12.1. The lowest BCUT2D eigenvalue weighted by Gasteiger charge is -2.16. The third-order valence-corrected chi connectivity index (χ3v) is 3.75. The Morgan fingerprint density at radius 1 is 1.42 bits per heavy atom. The molecule has 0 aliphatic rings. The predicted molar refractivity (Wildman–Crippen MR) is 85.0 cm³/mol. The number of thiocarbonyl (C=S) groups is 1. The zero-order valence-electron chi connectivity index (χ0n) is 10.8. The van der Waals surface area contributed by atoms with Gasteiger partial charge in [-0.1, -0.05) is 48.8 Å². The van der Waals surface area contributed by atoms with Crippen LogP contribution in [0.4, 0.5) is 5.69 Å².